The molecule has 1 atom stereocenters. The van der Waals surface area contributed by atoms with E-state index in [9.17, 15) is 9.59 Å². The second-order valence-corrected chi connectivity index (χ2v) is 7.61. The Bertz CT molecular complexity index is 896. The molecule has 8 heteroatoms. The van der Waals surface area contributed by atoms with Crippen LogP contribution in [0.2, 0.25) is 0 Å². The second-order valence-electron chi connectivity index (χ2n) is 7.61. The third-order valence-electron chi connectivity index (χ3n) is 5.86. The number of aromatic nitrogens is 2. The van der Waals surface area contributed by atoms with Crippen LogP contribution in [0.4, 0.5) is 0 Å². The molecule has 2 aliphatic rings. The summed E-state index contributed by atoms with van der Waals surface area (Å²) in [5.41, 5.74) is 0.139. The highest BCUT2D eigenvalue weighted by atomic mass is 16.5. The van der Waals surface area contributed by atoms with Gasteiger partial charge >= 0.3 is 0 Å². The molecule has 2 saturated heterocycles. The number of benzene rings is 1. The van der Waals surface area contributed by atoms with Gasteiger partial charge in [-0.25, -0.2) is 0 Å². The summed E-state index contributed by atoms with van der Waals surface area (Å²) in [5.74, 6) is 1.68. The maximum Gasteiger partial charge on any atom is 0.245 e. The Hall–Kier alpha value is -2.90. The van der Waals surface area contributed by atoms with Crippen LogP contribution >= 0.6 is 0 Å². The molecule has 1 aromatic carbocycles. The molecule has 2 aliphatic heterocycles. The lowest BCUT2D eigenvalue weighted by Crippen LogP contribution is -2.60. The molecule has 0 radical (unpaired) electrons. The van der Waals surface area contributed by atoms with Crippen LogP contribution in [0.3, 0.4) is 0 Å². The highest BCUT2D eigenvalue weighted by Crippen LogP contribution is 2.36. The summed E-state index contributed by atoms with van der Waals surface area (Å²) < 4.78 is 10.7. The summed E-state index contributed by atoms with van der Waals surface area (Å²) in [4.78, 5) is 31.5. The van der Waals surface area contributed by atoms with Gasteiger partial charge in [0.25, 0.3) is 0 Å². The minimum atomic E-state index is -0.628. The molecule has 29 heavy (non-hydrogen) atoms. The van der Waals surface area contributed by atoms with Gasteiger partial charge in [-0.2, -0.15) is 4.98 Å². The fourth-order valence-electron chi connectivity index (χ4n) is 4.42. The summed E-state index contributed by atoms with van der Waals surface area (Å²) in [7, 11) is 1.60. The zero-order chi connectivity index (χ0) is 20.3. The molecule has 2 fully saturated rings. The van der Waals surface area contributed by atoms with E-state index in [4.69, 9.17) is 9.26 Å². The van der Waals surface area contributed by atoms with Crippen LogP contribution in [0.15, 0.2) is 28.8 Å². The number of rotatable bonds is 6. The van der Waals surface area contributed by atoms with Gasteiger partial charge in [0, 0.05) is 25.9 Å². The van der Waals surface area contributed by atoms with Gasteiger partial charge in [0.1, 0.15) is 11.3 Å². The molecule has 154 valence electrons. The average molecular weight is 398 g/mol. The lowest BCUT2D eigenvalue weighted by molar-refractivity contribution is -0.147. The van der Waals surface area contributed by atoms with E-state index in [-0.39, 0.29) is 11.8 Å². The maximum absolute atomic E-state index is 12.8. The van der Waals surface area contributed by atoms with E-state index in [1.165, 1.54) is 0 Å². The van der Waals surface area contributed by atoms with Crippen molar-refractivity contribution in [2.75, 3.05) is 20.2 Å². The Morgan fingerprint density at radius 3 is 2.97 bits per heavy atom. The monoisotopic (exact) mass is 398 g/mol. The molecule has 2 aromatic rings. The van der Waals surface area contributed by atoms with Crippen molar-refractivity contribution in [3.8, 4) is 17.1 Å². The van der Waals surface area contributed by atoms with Crippen LogP contribution in [0.5, 0.6) is 5.75 Å². The van der Waals surface area contributed by atoms with Crippen LogP contribution in [-0.2, 0) is 16.0 Å². The number of likely N-dealkylation sites (tertiary alicyclic amines) is 1. The van der Waals surface area contributed by atoms with E-state index >= 15 is 0 Å². The van der Waals surface area contributed by atoms with Crippen molar-refractivity contribution in [1.82, 2.24) is 20.4 Å². The first kappa shape index (κ1) is 19.4. The van der Waals surface area contributed by atoms with Gasteiger partial charge in [-0.05, 0) is 44.2 Å². The Morgan fingerprint density at radius 2 is 2.14 bits per heavy atom. The van der Waals surface area contributed by atoms with Crippen LogP contribution in [0, 0.1) is 0 Å². The SMILES string of the molecule is COc1ccccc1-c1noc(CCCC(=O)N2CCCC23CCCNC3=O)n1. The molecule has 1 aromatic heterocycles. The Balaban J connectivity index is 1.35. The lowest BCUT2D eigenvalue weighted by atomic mass is 9.86. The van der Waals surface area contributed by atoms with Crippen LogP contribution in [0.25, 0.3) is 11.4 Å². The molecular formula is C21H26N4O4. The molecule has 0 aliphatic carbocycles. The van der Waals surface area contributed by atoms with Crippen molar-refractivity contribution in [3.63, 3.8) is 0 Å². The first-order valence-electron chi connectivity index (χ1n) is 10.2. The first-order valence-corrected chi connectivity index (χ1v) is 10.2. The number of nitrogens with one attached hydrogen (secondary N) is 1. The van der Waals surface area contributed by atoms with E-state index in [0.29, 0.717) is 49.8 Å². The molecule has 8 nitrogen and oxygen atoms in total. The van der Waals surface area contributed by atoms with Gasteiger partial charge in [0.15, 0.2) is 0 Å². The van der Waals surface area contributed by atoms with E-state index in [2.05, 4.69) is 15.5 Å². The van der Waals surface area contributed by atoms with Crippen molar-refractivity contribution in [3.05, 3.63) is 30.2 Å². The fourth-order valence-corrected chi connectivity index (χ4v) is 4.42. The van der Waals surface area contributed by atoms with Gasteiger partial charge in [-0.3, -0.25) is 9.59 Å². The molecule has 1 unspecified atom stereocenters. The number of para-hydroxylation sites is 1. The maximum atomic E-state index is 12.8. The normalized spacial score (nSPS) is 21.4. The number of nitrogens with zero attached hydrogens (tertiary/aromatic N) is 3. The van der Waals surface area contributed by atoms with Crippen LogP contribution in [-0.4, -0.2) is 52.6 Å². The molecule has 0 saturated carbocycles. The van der Waals surface area contributed by atoms with Gasteiger partial charge in [-0.1, -0.05) is 17.3 Å². The summed E-state index contributed by atoms with van der Waals surface area (Å²) >= 11 is 0. The number of hydrogen-bond donors (Lipinski definition) is 1. The highest BCUT2D eigenvalue weighted by Gasteiger charge is 2.50. The zero-order valence-corrected chi connectivity index (χ0v) is 16.6. The average Bonchev–Trinajstić information content (AvgIpc) is 3.38. The van der Waals surface area contributed by atoms with Crippen LogP contribution in [0.1, 0.15) is 44.4 Å². The number of ether oxygens (including phenoxy) is 1. The number of piperidine rings is 1. The highest BCUT2D eigenvalue weighted by molar-refractivity contribution is 5.92. The third-order valence-corrected chi connectivity index (χ3v) is 5.86. The fraction of sp³-hybridized carbons (Fsp3) is 0.524. The molecule has 1 spiro atoms. The quantitative estimate of drug-likeness (QED) is 0.802. The van der Waals surface area contributed by atoms with Crippen LogP contribution < -0.4 is 10.1 Å². The van der Waals surface area contributed by atoms with E-state index in [1.54, 1.807) is 12.0 Å². The second kappa shape index (κ2) is 8.23. The van der Waals surface area contributed by atoms with Gasteiger partial charge in [0.05, 0.1) is 12.7 Å². The van der Waals surface area contributed by atoms with Crippen molar-refractivity contribution >= 4 is 11.8 Å². The summed E-state index contributed by atoms with van der Waals surface area (Å²) in [6, 6.07) is 7.49. The number of aryl methyl sites for hydroxylation is 1. The standard InChI is InChI=1S/C21H26N4O4/c1-28-16-8-3-2-7-15(16)19-23-17(29-24-19)9-4-10-18(26)25-14-6-12-21(25)11-5-13-22-20(21)27/h2-3,7-8H,4-6,9-14H2,1H3,(H,22,27). The largest absolute Gasteiger partial charge is 0.496 e. The molecule has 4 rings (SSSR count). The van der Waals surface area contributed by atoms with Gasteiger partial charge < -0.3 is 19.5 Å². The zero-order valence-electron chi connectivity index (χ0n) is 16.6. The minimum absolute atomic E-state index is 0.00736. The number of amides is 2. The summed E-state index contributed by atoms with van der Waals surface area (Å²) in [6.45, 7) is 1.36. The number of carbonyl (C=O) groups excluding carboxylic acids is 2. The number of hydrogen-bond acceptors (Lipinski definition) is 6. The molecule has 2 amide bonds. The third kappa shape index (κ3) is 3.71. The van der Waals surface area contributed by atoms with E-state index in [0.717, 1.165) is 31.2 Å². The smallest absolute Gasteiger partial charge is 0.245 e. The van der Waals surface area contributed by atoms with E-state index < -0.39 is 5.54 Å². The summed E-state index contributed by atoms with van der Waals surface area (Å²) in [6.07, 6.45) is 4.80. The predicted molar refractivity (Wildman–Crippen MR) is 105 cm³/mol. The van der Waals surface area contributed by atoms with E-state index in [1.807, 2.05) is 24.3 Å². The Labute approximate surface area is 169 Å². The van der Waals surface area contributed by atoms with Crippen molar-refractivity contribution in [1.29, 1.82) is 0 Å². The molecule has 3 heterocycles. The Morgan fingerprint density at radius 1 is 1.31 bits per heavy atom. The lowest BCUT2D eigenvalue weighted by Gasteiger charge is -2.40. The van der Waals surface area contributed by atoms with Gasteiger partial charge in [0.2, 0.25) is 23.5 Å². The predicted octanol–water partition coefficient (Wildman–Crippen LogP) is 2.34. The Kier molecular flexibility index (Phi) is 5.51. The molecule has 1 N–H and O–H groups in total. The first-order chi connectivity index (χ1) is 14.1. The van der Waals surface area contributed by atoms with Crippen molar-refractivity contribution in [2.24, 2.45) is 0 Å². The summed E-state index contributed by atoms with van der Waals surface area (Å²) in [5, 5.41) is 6.97. The van der Waals surface area contributed by atoms with Crippen molar-refractivity contribution in [2.45, 2.75) is 50.5 Å². The number of methoxy groups -OCH3 is 1. The molecule has 0 bridgehead atoms. The molecular weight excluding hydrogens is 372 g/mol. The minimum Gasteiger partial charge on any atom is -0.496 e. The van der Waals surface area contributed by atoms with Gasteiger partial charge in [-0.15, -0.1) is 0 Å². The van der Waals surface area contributed by atoms with Crippen molar-refractivity contribution < 1.29 is 18.8 Å². The number of carbonyl (C=O) groups is 2. The topological polar surface area (TPSA) is 97.6 Å².